The highest BCUT2D eigenvalue weighted by Crippen LogP contribution is 2.25. The third kappa shape index (κ3) is 4.65. The molecule has 1 atom stereocenters. The minimum Gasteiger partial charge on any atom is -0.481 e. The van der Waals surface area contributed by atoms with Gasteiger partial charge in [-0.05, 0) is 6.07 Å². The van der Waals surface area contributed by atoms with Gasteiger partial charge in [-0.15, -0.1) is 0 Å². The summed E-state index contributed by atoms with van der Waals surface area (Å²) >= 11 is 0. The van der Waals surface area contributed by atoms with E-state index in [-0.39, 0.29) is 43.5 Å². The lowest BCUT2D eigenvalue weighted by molar-refractivity contribution is -0.385. The second-order valence-electron chi connectivity index (χ2n) is 4.94. The molecule has 0 saturated carbocycles. The minimum atomic E-state index is -1.000. The highest BCUT2D eigenvalue weighted by atomic mass is 16.6. The number of morpholine rings is 1. The maximum Gasteiger partial charge on any atom is 0.310 e. The number of carbonyl (C=O) groups excluding carboxylic acids is 1. The van der Waals surface area contributed by atoms with Crippen molar-refractivity contribution in [3.63, 3.8) is 0 Å². The molecule has 0 spiro atoms. The molecule has 1 aromatic carbocycles. The molecule has 1 amide bonds. The monoisotopic (exact) mass is 324 g/mol. The van der Waals surface area contributed by atoms with E-state index in [4.69, 9.17) is 14.6 Å². The molecular formula is C14H16N2O7. The van der Waals surface area contributed by atoms with E-state index in [0.717, 1.165) is 0 Å². The van der Waals surface area contributed by atoms with Crippen LogP contribution in [0.15, 0.2) is 24.3 Å². The van der Waals surface area contributed by atoms with Gasteiger partial charge in [-0.3, -0.25) is 19.7 Å². The topological polar surface area (TPSA) is 119 Å². The fourth-order valence-corrected chi connectivity index (χ4v) is 2.22. The molecule has 1 fully saturated rings. The number of nitrogens with zero attached hydrogens (tertiary/aromatic N) is 2. The van der Waals surface area contributed by atoms with Gasteiger partial charge in [-0.2, -0.15) is 0 Å². The SMILES string of the molecule is O=C(O)CC1CN(C(=O)COc2ccccc2[N+](=O)[O-])CCO1. The number of ether oxygens (including phenoxy) is 2. The number of nitro benzene ring substituents is 1. The van der Waals surface area contributed by atoms with Gasteiger partial charge in [0, 0.05) is 19.2 Å². The second kappa shape index (κ2) is 7.54. The first-order valence-electron chi connectivity index (χ1n) is 6.94. The Morgan fingerprint density at radius 3 is 2.87 bits per heavy atom. The normalized spacial score (nSPS) is 17.6. The smallest absolute Gasteiger partial charge is 0.310 e. The van der Waals surface area contributed by atoms with Crippen molar-refractivity contribution in [2.24, 2.45) is 0 Å². The number of nitro groups is 1. The van der Waals surface area contributed by atoms with Crippen LogP contribution in [-0.4, -0.2) is 59.2 Å². The largest absolute Gasteiger partial charge is 0.481 e. The molecule has 1 aliphatic rings. The summed E-state index contributed by atoms with van der Waals surface area (Å²) in [4.78, 5) is 34.5. The van der Waals surface area contributed by atoms with E-state index in [0.29, 0.717) is 6.54 Å². The van der Waals surface area contributed by atoms with Gasteiger partial charge in [0.1, 0.15) is 0 Å². The van der Waals surface area contributed by atoms with E-state index >= 15 is 0 Å². The van der Waals surface area contributed by atoms with Crippen molar-refractivity contribution in [1.29, 1.82) is 0 Å². The summed E-state index contributed by atoms with van der Waals surface area (Å²) in [5.74, 6) is -1.36. The fourth-order valence-electron chi connectivity index (χ4n) is 2.22. The average Bonchev–Trinajstić information content (AvgIpc) is 2.52. The number of carboxylic acids is 1. The van der Waals surface area contributed by atoms with Gasteiger partial charge < -0.3 is 19.5 Å². The van der Waals surface area contributed by atoms with Crippen molar-refractivity contribution in [2.75, 3.05) is 26.3 Å². The molecule has 1 N–H and O–H groups in total. The Labute approximate surface area is 131 Å². The first-order valence-corrected chi connectivity index (χ1v) is 6.94. The van der Waals surface area contributed by atoms with Crippen LogP contribution in [0.3, 0.4) is 0 Å². The van der Waals surface area contributed by atoms with E-state index in [1.165, 1.54) is 23.1 Å². The van der Waals surface area contributed by atoms with Crippen molar-refractivity contribution in [2.45, 2.75) is 12.5 Å². The van der Waals surface area contributed by atoms with Crippen LogP contribution in [0.2, 0.25) is 0 Å². The Morgan fingerprint density at radius 1 is 1.43 bits per heavy atom. The van der Waals surface area contributed by atoms with Crippen LogP contribution in [0, 0.1) is 10.1 Å². The highest BCUT2D eigenvalue weighted by molar-refractivity contribution is 5.78. The van der Waals surface area contributed by atoms with Gasteiger partial charge in [-0.1, -0.05) is 12.1 Å². The van der Waals surface area contributed by atoms with E-state index in [9.17, 15) is 19.7 Å². The van der Waals surface area contributed by atoms with Crippen LogP contribution >= 0.6 is 0 Å². The molecule has 1 heterocycles. The Morgan fingerprint density at radius 2 is 2.17 bits per heavy atom. The summed E-state index contributed by atoms with van der Waals surface area (Å²) in [6.45, 7) is 0.375. The zero-order valence-electron chi connectivity index (χ0n) is 12.2. The van der Waals surface area contributed by atoms with Crippen molar-refractivity contribution in [1.82, 2.24) is 4.90 Å². The lowest BCUT2D eigenvalue weighted by Crippen LogP contribution is -2.47. The predicted molar refractivity (Wildman–Crippen MR) is 77.2 cm³/mol. The van der Waals surface area contributed by atoms with Crippen molar-refractivity contribution in [3.8, 4) is 5.75 Å². The van der Waals surface area contributed by atoms with Gasteiger partial charge in [0.25, 0.3) is 5.91 Å². The lowest BCUT2D eigenvalue weighted by atomic mass is 10.2. The van der Waals surface area contributed by atoms with Gasteiger partial charge in [0.15, 0.2) is 12.4 Å². The molecule has 23 heavy (non-hydrogen) atoms. The molecule has 0 aromatic heterocycles. The Balaban J connectivity index is 1.92. The number of aliphatic carboxylic acids is 1. The van der Waals surface area contributed by atoms with Gasteiger partial charge in [0.05, 0.1) is 24.1 Å². The molecule has 0 bridgehead atoms. The average molecular weight is 324 g/mol. The number of benzene rings is 1. The van der Waals surface area contributed by atoms with E-state index in [2.05, 4.69) is 0 Å². The molecule has 1 aliphatic heterocycles. The Bertz CT molecular complexity index is 605. The number of carboxylic acid groups (broad SMARTS) is 1. The molecule has 2 rings (SSSR count). The molecule has 1 unspecified atom stereocenters. The third-order valence-corrected chi connectivity index (χ3v) is 3.31. The predicted octanol–water partition coefficient (Wildman–Crippen LogP) is 0.676. The molecule has 124 valence electrons. The Hall–Kier alpha value is -2.68. The summed E-state index contributed by atoms with van der Waals surface area (Å²) in [5, 5.41) is 19.6. The molecule has 1 aromatic rings. The zero-order valence-corrected chi connectivity index (χ0v) is 12.2. The third-order valence-electron chi connectivity index (χ3n) is 3.31. The van der Waals surface area contributed by atoms with Gasteiger partial charge >= 0.3 is 11.7 Å². The lowest BCUT2D eigenvalue weighted by Gasteiger charge is -2.32. The minimum absolute atomic E-state index is 0.0150. The number of hydrogen-bond donors (Lipinski definition) is 1. The van der Waals surface area contributed by atoms with Crippen LogP contribution < -0.4 is 4.74 Å². The molecule has 0 radical (unpaired) electrons. The standard InChI is InChI=1S/C14H16N2O7/c17-13(15-5-6-22-10(8-15)7-14(18)19)9-23-12-4-2-1-3-11(12)16(20)21/h1-4,10H,5-9H2,(H,18,19). The van der Waals surface area contributed by atoms with Crippen LogP contribution in [0.5, 0.6) is 5.75 Å². The van der Waals surface area contributed by atoms with Gasteiger partial charge in [0.2, 0.25) is 0 Å². The van der Waals surface area contributed by atoms with E-state index in [1.807, 2.05) is 0 Å². The quantitative estimate of drug-likeness (QED) is 0.603. The summed E-state index contributed by atoms with van der Waals surface area (Å²) in [7, 11) is 0. The summed E-state index contributed by atoms with van der Waals surface area (Å²) < 4.78 is 10.5. The Kier molecular flexibility index (Phi) is 5.47. The van der Waals surface area contributed by atoms with E-state index in [1.54, 1.807) is 6.07 Å². The highest BCUT2D eigenvalue weighted by Gasteiger charge is 2.26. The van der Waals surface area contributed by atoms with E-state index < -0.39 is 17.0 Å². The second-order valence-corrected chi connectivity index (χ2v) is 4.94. The molecule has 9 nitrogen and oxygen atoms in total. The molecule has 1 saturated heterocycles. The summed E-state index contributed by atoms with van der Waals surface area (Å²) in [6, 6.07) is 5.78. The zero-order chi connectivity index (χ0) is 16.8. The number of rotatable bonds is 6. The van der Waals surface area contributed by atoms with Crippen LogP contribution in [-0.2, 0) is 14.3 Å². The summed E-state index contributed by atoms with van der Waals surface area (Å²) in [6.07, 6.45) is -0.745. The number of para-hydroxylation sites is 2. The first kappa shape index (κ1) is 16.7. The van der Waals surface area contributed by atoms with Crippen molar-refractivity contribution < 1.29 is 29.1 Å². The molecule has 0 aliphatic carbocycles. The van der Waals surface area contributed by atoms with Crippen LogP contribution in [0.25, 0.3) is 0 Å². The van der Waals surface area contributed by atoms with Crippen LogP contribution in [0.4, 0.5) is 5.69 Å². The maximum absolute atomic E-state index is 12.1. The van der Waals surface area contributed by atoms with Gasteiger partial charge in [-0.25, -0.2) is 0 Å². The molecular weight excluding hydrogens is 308 g/mol. The maximum atomic E-state index is 12.1. The number of amides is 1. The fraction of sp³-hybridized carbons (Fsp3) is 0.429. The van der Waals surface area contributed by atoms with Crippen LogP contribution in [0.1, 0.15) is 6.42 Å². The molecule has 9 heteroatoms. The first-order chi connectivity index (χ1) is 11.0. The summed E-state index contributed by atoms with van der Waals surface area (Å²) in [5.41, 5.74) is -0.217. The van der Waals surface area contributed by atoms with Crippen molar-refractivity contribution in [3.05, 3.63) is 34.4 Å². The number of carbonyl (C=O) groups is 2. The number of hydrogen-bond acceptors (Lipinski definition) is 6. The van der Waals surface area contributed by atoms with Crippen molar-refractivity contribution >= 4 is 17.6 Å².